The van der Waals surface area contributed by atoms with Crippen LogP contribution in [0.2, 0.25) is 0 Å². The monoisotopic (exact) mass is 249 g/mol. The van der Waals surface area contributed by atoms with E-state index in [0.717, 1.165) is 24.6 Å². The lowest BCUT2D eigenvalue weighted by Crippen LogP contribution is -2.37. The van der Waals surface area contributed by atoms with Crippen LogP contribution < -0.4 is 10.1 Å². The summed E-state index contributed by atoms with van der Waals surface area (Å²) in [6.45, 7) is 4.23. The fourth-order valence-electron chi connectivity index (χ4n) is 2.61. The summed E-state index contributed by atoms with van der Waals surface area (Å²) in [7, 11) is 0. The van der Waals surface area contributed by atoms with Gasteiger partial charge in [-0.15, -0.1) is 0 Å². The third-order valence-corrected chi connectivity index (χ3v) is 4.97. The van der Waals surface area contributed by atoms with Crippen molar-refractivity contribution in [1.82, 2.24) is 5.32 Å². The Morgan fingerprint density at radius 2 is 2.18 bits per heavy atom. The van der Waals surface area contributed by atoms with Gasteiger partial charge in [0.2, 0.25) is 0 Å². The number of hydrogen-bond acceptors (Lipinski definition) is 3. The van der Waals surface area contributed by atoms with Crippen LogP contribution in [0.1, 0.15) is 30.9 Å². The van der Waals surface area contributed by atoms with Gasteiger partial charge in [-0.1, -0.05) is 6.07 Å². The fourth-order valence-corrected chi connectivity index (χ4v) is 3.74. The van der Waals surface area contributed by atoms with Gasteiger partial charge in [0, 0.05) is 18.8 Å². The maximum Gasteiger partial charge on any atom is 0.120 e. The average molecular weight is 249 g/mol. The molecule has 0 aliphatic carbocycles. The van der Waals surface area contributed by atoms with E-state index in [9.17, 15) is 0 Å². The number of hydrogen-bond donors (Lipinski definition) is 1. The first-order valence-electron chi connectivity index (χ1n) is 6.34. The van der Waals surface area contributed by atoms with Crippen LogP contribution in [0.4, 0.5) is 0 Å². The van der Waals surface area contributed by atoms with Gasteiger partial charge in [-0.2, -0.15) is 11.8 Å². The molecule has 0 radical (unpaired) electrons. The molecular formula is C14H19NOS. The molecule has 2 aliphatic rings. The second-order valence-electron chi connectivity index (χ2n) is 5.24. The molecule has 1 saturated heterocycles. The number of ether oxygens (including phenoxy) is 1. The van der Waals surface area contributed by atoms with Crippen molar-refractivity contribution < 1.29 is 4.74 Å². The zero-order chi connectivity index (χ0) is 11.7. The number of benzene rings is 1. The minimum Gasteiger partial charge on any atom is -0.487 e. The molecule has 3 rings (SSSR count). The highest BCUT2D eigenvalue weighted by atomic mass is 32.2. The van der Waals surface area contributed by atoms with Crippen LogP contribution in [-0.4, -0.2) is 17.1 Å². The lowest BCUT2D eigenvalue weighted by molar-refractivity contribution is 0.101. The second-order valence-corrected chi connectivity index (χ2v) is 6.35. The molecule has 2 aliphatic heterocycles. The molecule has 1 fully saturated rings. The van der Waals surface area contributed by atoms with E-state index in [4.69, 9.17) is 4.74 Å². The maximum absolute atomic E-state index is 6.22. The molecule has 92 valence electrons. The van der Waals surface area contributed by atoms with Gasteiger partial charge in [-0.05, 0) is 48.8 Å². The Morgan fingerprint density at radius 3 is 3.00 bits per heavy atom. The SMILES string of the molecule is CC1(Oc2ccc3c(c2)CNC3)CCCSC1. The maximum atomic E-state index is 6.22. The average Bonchev–Trinajstić information content (AvgIpc) is 2.76. The first-order chi connectivity index (χ1) is 8.25. The molecule has 3 heteroatoms. The molecule has 1 aromatic rings. The Labute approximate surface area is 107 Å². The highest BCUT2D eigenvalue weighted by Gasteiger charge is 2.29. The van der Waals surface area contributed by atoms with Crippen molar-refractivity contribution in [3.8, 4) is 5.75 Å². The lowest BCUT2D eigenvalue weighted by Gasteiger charge is -2.34. The van der Waals surface area contributed by atoms with Gasteiger partial charge < -0.3 is 10.1 Å². The summed E-state index contributed by atoms with van der Waals surface area (Å²) in [5, 5.41) is 3.37. The highest BCUT2D eigenvalue weighted by Crippen LogP contribution is 2.32. The fraction of sp³-hybridized carbons (Fsp3) is 0.571. The van der Waals surface area contributed by atoms with E-state index in [1.165, 1.54) is 29.7 Å². The van der Waals surface area contributed by atoms with E-state index < -0.39 is 0 Å². The van der Waals surface area contributed by atoms with Gasteiger partial charge in [0.25, 0.3) is 0 Å². The van der Waals surface area contributed by atoms with Gasteiger partial charge in [0.05, 0.1) is 0 Å². The summed E-state index contributed by atoms with van der Waals surface area (Å²) in [6.07, 6.45) is 2.45. The molecular weight excluding hydrogens is 230 g/mol. The van der Waals surface area contributed by atoms with E-state index >= 15 is 0 Å². The lowest BCUT2D eigenvalue weighted by atomic mass is 10.0. The zero-order valence-corrected chi connectivity index (χ0v) is 11.1. The first kappa shape index (κ1) is 11.4. The van der Waals surface area contributed by atoms with Crippen molar-refractivity contribution in [3.05, 3.63) is 29.3 Å². The molecule has 0 bridgehead atoms. The third-order valence-electron chi connectivity index (χ3n) is 3.57. The number of thioether (sulfide) groups is 1. The summed E-state index contributed by atoms with van der Waals surface area (Å²) in [5.74, 6) is 3.44. The van der Waals surface area contributed by atoms with Crippen LogP contribution in [0, 0.1) is 0 Å². The molecule has 1 N–H and O–H groups in total. The van der Waals surface area contributed by atoms with Crippen molar-refractivity contribution in [2.24, 2.45) is 0 Å². The summed E-state index contributed by atoms with van der Waals surface area (Å²) in [6, 6.07) is 6.53. The number of nitrogens with one attached hydrogen (secondary N) is 1. The van der Waals surface area contributed by atoms with Gasteiger partial charge in [-0.25, -0.2) is 0 Å². The predicted molar refractivity (Wildman–Crippen MR) is 72.6 cm³/mol. The number of fused-ring (bicyclic) bond motifs is 1. The van der Waals surface area contributed by atoms with Gasteiger partial charge in [-0.3, -0.25) is 0 Å². The molecule has 2 nitrogen and oxygen atoms in total. The standard InChI is InChI=1S/C14H19NOS/c1-14(5-2-6-17-10-14)16-13-4-3-11-8-15-9-12(11)7-13/h3-4,7,15H,2,5-6,8-10H2,1H3. The van der Waals surface area contributed by atoms with Crippen LogP contribution in [0.15, 0.2) is 18.2 Å². The van der Waals surface area contributed by atoms with Crippen molar-refractivity contribution in [2.75, 3.05) is 11.5 Å². The Morgan fingerprint density at radius 1 is 1.29 bits per heavy atom. The summed E-state index contributed by atoms with van der Waals surface area (Å²) >= 11 is 2.01. The van der Waals surface area contributed by atoms with Crippen molar-refractivity contribution in [3.63, 3.8) is 0 Å². The third kappa shape index (κ3) is 2.45. The smallest absolute Gasteiger partial charge is 0.120 e. The summed E-state index contributed by atoms with van der Waals surface area (Å²) < 4.78 is 6.22. The van der Waals surface area contributed by atoms with Crippen molar-refractivity contribution >= 4 is 11.8 Å². The van der Waals surface area contributed by atoms with Crippen molar-refractivity contribution in [1.29, 1.82) is 0 Å². The van der Waals surface area contributed by atoms with Gasteiger partial charge in [0.1, 0.15) is 11.4 Å². The zero-order valence-electron chi connectivity index (χ0n) is 10.3. The molecule has 1 unspecified atom stereocenters. The molecule has 0 amide bonds. The van der Waals surface area contributed by atoms with Crippen LogP contribution in [0.5, 0.6) is 5.75 Å². The van der Waals surface area contributed by atoms with Crippen LogP contribution >= 0.6 is 11.8 Å². The van der Waals surface area contributed by atoms with E-state index in [2.05, 4.69) is 30.4 Å². The molecule has 17 heavy (non-hydrogen) atoms. The topological polar surface area (TPSA) is 21.3 Å². The Bertz CT molecular complexity index is 413. The van der Waals surface area contributed by atoms with Crippen LogP contribution in [0.3, 0.4) is 0 Å². The Kier molecular flexibility index (Phi) is 3.05. The summed E-state index contributed by atoms with van der Waals surface area (Å²) in [4.78, 5) is 0. The minimum atomic E-state index is 0.0309. The van der Waals surface area contributed by atoms with Gasteiger partial charge >= 0.3 is 0 Å². The van der Waals surface area contributed by atoms with Gasteiger partial charge in [0.15, 0.2) is 0 Å². The summed E-state index contributed by atoms with van der Waals surface area (Å²) in [5.41, 5.74) is 2.85. The van der Waals surface area contributed by atoms with Crippen LogP contribution in [0.25, 0.3) is 0 Å². The molecule has 0 saturated carbocycles. The molecule has 1 atom stereocenters. The molecule has 0 spiro atoms. The molecule has 1 aromatic carbocycles. The minimum absolute atomic E-state index is 0.0309. The van der Waals surface area contributed by atoms with E-state index in [1.54, 1.807) is 0 Å². The molecule has 0 aromatic heterocycles. The predicted octanol–water partition coefficient (Wildman–Crippen LogP) is 2.95. The Hall–Kier alpha value is -0.670. The van der Waals surface area contributed by atoms with Crippen LogP contribution in [-0.2, 0) is 13.1 Å². The first-order valence-corrected chi connectivity index (χ1v) is 7.50. The highest BCUT2D eigenvalue weighted by molar-refractivity contribution is 7.99. The normalized spacial score (nSPS) is 27.8. The van der Waals surface area contributed by atoms with Crippen molar-refractivity contribution in [2.45, 2.75) is 38.5 Å². The van der Waals surface area contributed by atoms with E-state index in [1.807, 2.05) is 11.8 Å². The molecule has 2 heterocycles. The largest absolute Gasteiger partial charge is 0.487 e. The van der Waals surface area contributed by atoms with E-state index in [0.29, 0.717) is 0 Å². The van der Waals surface area contributed by atoms with E-state index in [-0.39, 0.29) is 5.60 Å². The second kappa shape index (κ2) is 4.54. The number of rotatable bonds is 2. The quantitative estimate of drug-likeness (QED) is 0.870. The Balaban J connectivity index is 1.76.